The van der Waals surface area contributed by atoms with Gasteiger partial charge in [-0.3, -0.25) is 4.79 Å². The van der Waals surface area contributed by atoms with Crippen molar-refractivity contribution < 1.29 is 4.79 Å². The Morgan fingerprint density at radius 3 is 2.21 bits per heavy atom. The highest BCUT2D eigenvalue weighted by Gasteiger charge is 2.07. The lowest BCUT2D eigenvalue weighted by molar-refractivity contribution is 0.0954. The van der Waals surface area contributed by atoms with E-state index in [2.05, 4.69) is 26.5 Å². The molecule has 1 saturated carbocycles. The lowest BCUT2D eigenvalue weighted by Gasteiger charge is -2.10. The number of amides is 1. The SMILES string of the molecule is O=C(NN=C1CCCCCCC1)c1ccc(Br)cc1. The van der Waals surface area contributed by atoms with Crippen molar-refractivity contribution in [2.75, 3.05) is 0 Å². The van der Waals surface area contributed by atoms with Crippen molar-refractivity contribution in [3.05, 3.63) is 34.3 Å². The largest absolute Gasteiger partial charge is 0.271 e. The van der Waals surface area contributed by atoms with Crippen LogP contribution in [0.2, 0.25) is 0 Å². The molecule has 0 atom stereocenters. The van der Waals surface area contributed by atoms with Crippen LogP contribution in [0.1, 0.15) is 55.3 Å². The fraction of sp³-hybridized carbons (Fsp3) is 0.467. The van der Waals surface area contributed by atoms with Crippen LogP contribution in [0.15, 0.2) is 33.8 Å². The Morgan fingerprint density at radius 2 is 1.58 bits per heavy atom. The quantitative estimate of drug-likeness (QED) is 0.811. The third kappa shape index (κ3) is 4.78. The third-order valence-electron chi connectivity index (χ3n) is 3.35. The number of nitrogens with one attached hydrogen (secondary N) is 1. The van der Waals surface area contributed by atoms with Gasteiger partial charge in [-0.25, -0.2) is 5.43 Å². The van der Waals surface area contributed by atoms with Crippen molar-refractivity contribution >= 4 is 27.5 Å². The first-order chi connectivity index (χ1) is 9.25. The molecule has 2 rings (SSSR count). The van der Waals surface area contributed by atoms with Crippen LogP contribution in [-0.2, 0) is 0 Å². The molecule has 0 aromatic heterocycles. The predicted molar refractivity (Wildman–Crippen MR) is 81.4 cm³/mol. The summed E-state index contributed by atoms with van der Waals surface area (Å²) in [5.41, 5.74) is 4.44. The molecule has 1 N–H and O–H groups in total. The van der Waals surface area contributed by atoms with E-state index < -0.39 is 0 Å². The van der Waals surface area contributed by atoms with E-state index in [-0.39, 0.29) is 5.91 Å². The van der Waals surface area contributed by atoms with E-state index in [0.29, 0.717) is 5.56 Å². The topological polar surface area (TPSA) is 41.5 Å². The molecule has 0 unspecified atom stereocenters. The molecule has 0 heterocycles. The molecule has 4 heteroatoms. The summed E-state index contributed by atoms with van der Waals surface area (Å²) in [6, 6.07) is 7.30. The molecular formula is C15H19BrN2O. The van der Waals surface area contributed by atoms with E-state index >= 15 is 0 Å². The zero-order valence-electron chi connectivity index (χ0n) is 11.0. The van der Waals surface area contributed by atoms with Crippen molar-refractivity contribution in [2.45, 2.75) is 44.9 Å². The van der Waals surface area contributed by atoms with Gasteiger partial charge in [0.05, 0.1) is 0 Å². The minimum absolute atomic E-state index is 0.137. The maximum atomic E-state index is 11.9. The lowest BCUT2D eigenvalue weighted by Crippen LogP contribution is -2.20. The van der Waals surface area contributed by atoms with E-state index in [1.54, 1.807) is 12.1 Å². The standard InChI is InChI=1S/C15H19BrN2O/c16-13-10-8-12(9-11-13)15(19)18-17-14-6-4-2-1-3-5-7-14/h8-11H,1-7H2,(H,18,19). The van der Waals surface area contributed by atoms with E-state index in [1.807, 2.05) is 12.1 Å². The van der Waals surface area contributed by atoms with Crippen LogP contribution in [0.4, 0.5) is 0 Å². The number of halogens is 1. The zero-order valence-corrected chi connectivity index (χ0v) is 12.6. The Hall–Kier alpha value is -1.16. The molecule has 1 aliphatic carbocycles. The van der Waals surface area contributed by atoms with Gasteiger partial charge in [0.15, 0.2) is 0 Å². The van der Waals surface area contributed by atoms with Gasteiger partial charge in [-0.05, 0) is 49.9 Å². The fourth-order valence-corrected chi connectivity index (χ4v) is 2.49. The minimum Gasteiger partial charge on any atom is -0.267 e. The van der Waals surface area contributed by atoms with Crippen LogP contribution < -0.4 is 5.43 Å². The maximum absolute atomic E-state index is 11.9. The van der Waals surface area contributed by atoms with Crippen LogP contribution in [0.25, 0.3) is 0 Å². The van der Waals surface area contributed by atoms with Gasteiger partial charge in [0.25, 0.3) is 5.91 Å². The van der Waals surface area contributed by atoms with Crippen molar-refractivity contribution in [1.29, 1.82) is 0 Å². The first-order valence-corrected chi connectivity index (χ1v) is 7.66. The lowest BCUT2D eigenvalue weighted by atomic mass is 9.99. The molecule has 1 aliphatic rings. The smallest absolute Gasteiger partial charge is 0.267 e. The fourth-order valence-electron chi connectivity index (χ4n) is 2.22. The monoisotopic (exact) mass is 322 g/mol. The second-order valence-electron chi connectivity index (χ2n) is 4.89. The number of hydrogen-bond donors (Lipinski definition) is 1. The van der Waals surface area contributed by atoms with Crippen LogP contribution in [0.3, 0.4) is 0 Å². The van der Waals surface area contributed by atoms with E-state index in [9.17, 15) is 4.79 Å². The number of rotatable bonds is 2. The molecule has 19 heavy (non-hydrogen) atoms. The highest BCUT2D eigenvalue weighted by molar-refractivity contribution is 9.10. The minimum atomic E-state index is -0.137. The first kappa shape index (κ1) is 14.3. The molecule has 0 saturated heterocycles. The normalized spacial score (nSPS) is 16.4. The first-order valence-electron chi connectivity index (χ1n) is 6.87. The van der Waals surface area contributed by atoms with Gasteiger partial charge < -0.3 is 0 Å². The maximum Gasteiger partial charge on any atom is 0.271 e. The van der Waals surface area contributed by atoms with Crippen LogP contribution in [0.5, 0.6) is 0 Å². The average molecular weight is 323 g/mol. The number of nitrogens with zero attached hydrogens (tertiary/aromatic N) is 1. The van der Waals surface area contributed by atoms with Gasteiger partial charge in [0.2, 0.25) is 0 Å². The molecule has 1 amide bonds. The third-order valence-corrected chi connectivity index (χ3v) is 3.88. The molecule has 1 fully saturated rings. The zero-order chi connectivity index (χ0) is 13.5. The summed E-state index contributed by atoms with van der Waals surface area (Å²) in [4.78, 5) is 11.9. The summed E-state index contributed by atoms with van der Waals surface area (Å²) in [5.74, 6) is -0.137. The molecule has 0 spiro atoms. The molecule has 0 aliphatic heterocycles. The van der Waals surface area contributed by atoms with Crippen molar-refractivity contribution in [2.24, 2.45) is 5.10 Å². The summed E-state index contributed by atoms with van der Waals surface area (Å²) in [6.07, 6.45) is 8.29. The summed E-state index contributed by atoms with van der Waals surface area (Å²) in [5, 5.41) is 4.29. The number of benzene rings is 1. The summed E-state index contributed by atoms with van der Waals surface area (Å²) in [6.45, 7) is 0. The van der Waals surface area contributed by atoms with Gasteiger partial charge in [-0.2, -0.15) is 5.10 Å². The number of hydrazone groups is 1. The molecule has 1 aromatic rings. The van der Waals surface area contributed by atoms with E-state index in [4.69, 9.17) is 0 Å². The molecular weight excluding hydrogens is 304 g/mol. The molecule has 3 nitrogen and oxygen atoms in total. The Kier molecular flexibility index (Phi) is 5.58. The van der Waals surface area contributed by atoms with Crippen molar-refractivity contribution in [1.82, 2.24) is 5.43 Å². The second-order valence-corrected chi connectivity index (χ2v) is 5.81. The molecule has 102 valence electrons. The van der Waals surface area contributed by atoms with Gasteiger partial charge in [-0.15, -0.1) is 0 Å². The van der Waals surface area contributed by atoms with Crippen molar-refractivity contribution in [3.8, 4) is 0 Å². The van der Waals surface area contributed by atoms with Gasteiger partial charge >= 0.3 is 0 Å². The average Bonchev–Trinajstić information content (AvgIpc) is 2.38. The Labute approximate surface area is 122 Å². The number of hydrogen-bond acceptors (Lipinski definition) is 2. The van der Waals surface area contributed by atoms with Gasteiger partial charge in [0, 0.05) is 15.7 Å². The van der Waals surface area contributed by atoms with Gasteiger partial charge in [0.1, 0.15) is 0 Å². The molecule has 0 radical (unpaired) electrons. The van der Waals surface area contributed by atoms with Gasteiger partial charge in [-0.1, -0.05) is 35.2 Å². The van der Waals surface area contributed by atoms with Crippen LogP contribution >= 0.6 is 15.9 Å². The van der Waals surface area contributed by atoms with Crippen LogP contribution in [-0.4, -0.2) is 11.6 Å². The highest BCUT2D eigenvalue weighted by Crippen LogP contribution is 2.15. The molecule has 1 aromatic carbocycles. The summed E-state index contributed by atoms with van der Waals surface area (Å²) < 4.78 is 0.968. The van der Waals surface area contributed by atoms with E-state index in [0.717, 1.165) is 23.0 Å². The van der Waals surface area contributed by atoms with E-state index in [1.165, 1.54) is 32.1 Å². The Balaban J connectivity index is 1.92. The number of carbonyl (C=O) groups excluding carboxylic acids is 1. The summed E-state index contributed by atoms with van der Waals surface area (Å²) in [7, 11) is 0. The van der Waals surface area contributed by atoms with Crippen LogP contribution in [0, 0.1) is 0 Å². The highest BCUT2D eigenvalue weighted by atomic mass is 79.9. The Bertz CT molecular complexity index is 444. The molecule has 0 bridgehead atoms. The van der Waals surface area contributed by atoms with Crippen molar-refractivity contribution in [3.63, 3.8) is 0 Å². The Morgan fingerprint density at radius 1 is 1.00 bits per heavy atom. The summed E-state index contributed by atoms with van der Waals surface area (Å²) >= 11 is 3.35. The number of carbonyl (C=O) groups is 1. The second kappa shape index (κ2) is 7.43. The predicted octanol–water partition coefficient (Wildman–Crippen LogP) is 4.28.